The standard InChI is InChI=1S/C16H11ClN2O2/c1-10(20)13-4-2-3-5-14(13)16(21)19-15-7-6-12(17)8-11(15)9-18/h2-8H,1H3,(H,19,21). The van der Waals surface area contributed by atoms with Crippen molar-refractivity contribution in [2.45, 2.75) is 6.92 Å². The Morgan fingerprint density at radius 2 is 1.81 bits per heavy atom. The van der Waals surface area contributed by atoms with E-state index in [-0.39, 0.29) is 16.9 Å². The Balaban J connectivity index is 2.36. The smallest absolute Gasteiger partial charge is 0.256 e. The van der Waals surface area contributed by atoms with Crippen LogP contribution in [0.1, 0.15) is 33.2 Å². The predicted octanol–water partition coefficient (Wildman–Crippen LogP) is 3.67. The van der Waals surface area contributed by atoms with Crippen molar-refractivity contribution in [3.05, 3.63) is 64.2 Å². The fourth-order valence-corrected chi connectivity index (χ4v) is 2.07. The highest BCUT2D eigenvalue weighted by molar-refractivity contribution is 6.30. The summed E-state index contributed by atoms with van der Waals surface area (Å²) in [4.78, 5) is 23.8. The van der Waals surface area contributed by atoms with Crippen molar-refractivity contribution >= 4 is 29.0 Å². The predicted molar refractivity (Wildman–Crippen MR) is 80.6 cm³/mol. The van der Waals surface area contributed by atoms with Gasteiger partial charge in [-0.1, -0.05) is 29.8 Å². The van der Waals surface area contributed by atoms with E-state index in [2.05, 4.69) is 5.32 Å². The molecule has 0 radical (unpaired) electrons. The number of carbonyl (C=O) groups excluding carboxylic acids is 2. The molecule has 0 heterocycles. The Kier molecular flexibility index (Phi) is 4.36. The van der Waals surface area contributed by atoms with E-state index >= 15 is 0 Å². The number of halogens is 1. The Bertz CT molecular complexity index is 763. The minimum atomic E-state index is -0.445. The Hall–Kier alpha value is -2.64. The molecular weight excluding hydrogens is 288 g/mol. The third kappa shape index (κ3) is 3.28. The number of hydrogen-bond acceptors (Lipinski definition) is 3. The Labute approximate surface area is 127 Å². The first-order valence-electron chi connectivity index (χ1n) is 6.14. The van der Waals surface area contributed by atoms with Crippen LogP contribution in [0.5, 0.6) is 0 Å². The van der Waals surface area contributed by atoms with Crippen molar-refractivity contribution in [2.75, 3.05) is 5.32 Å². The maximum atomic E-state index is 12.3. The summed E-state index contributed by atoms with van der Waals surface area (Å²) in [5.74, 6) is -0.642. The summed E-state index contributed by atoms with van der Waals surface area (Å²) < 4.78 is 0. The van der Waals surface area contributed by atoms with Crippen LogP contribution in [0.4, 0.5) is 5.69 Å². The molecule has 0 aliphatic carbocycles. The zero-order valence-electron chi connectivity index (χ0n) is 11.2. The van der Waals surface area contributed by atoms with E-state index in [4.69, 9.17) is 16.9 Å². The van der Waals surface area contributed by atoms with Crippen molar-refractivity contribution in [1.82, 2.24) is 0 Å². The van der Waals surface area contributed by atoms with Gasteiger partial charge in [-0.2, -0.15) is 5.26 Å². The van der Waals surface area contributed by atoms with Gasteiger partial charge in [-0.25, -0.2) is 0 Å². The van der Waals surface area contributed by atoms with Gasteiger partial charge in [0.2, 0.25) is 0 Å². The SMILES string of the molecule is CC(=O)c1ccccc1C(=O)Nc1ccc(Cl)cc1C#N. The lowest BCUT2D eigenvalue weighted by atomic mass is 10.0. The summed E-state index contributed by atoms with van der Waals surface area (Å²) in [7, 11) is 0. The molecule has 0 aromatic heterocycles. The molecule has 0 aliphatic rings. The second-order valence-electron chi connectivity index (χ2n) is 4.36. The minimum absolute atomic E-state index is 0.197. The Morgan fingerprint density at radius 1 is 1.14 bits per heavy atom. The van der Waals surface area contributed by atoms with Crippen LogP contribution in [0.3, 0.4) is 0 Å². The molecule has 2 rings (SSSR count). The first kappa shape index (κ1) is 14.8. The molecule has 0 bridgehead atoms. The molecule has 0 aliphatic heterocycles. The summed E-state index contributed by atoms with van der Waals surface area (Å²) in [6.07, 6.45) is 0. The van der Waals surface area contributed by atoms with Crippen LogP contribution in [0.15, 0.2) is 42.5 Å². The number of nitrogens with zero attached hydrogens (tertiary/aromatic N) is 1. The van der Waals surface area contributed by atoms with Gasteiger partial charge in [0, 0.05) is 10.6 Å². The third-order valence-corrected chi connectivity index (χ3v) is 3.14. The van der Waals surface area contributed by atoms with Crippen molar-refractivity contribution in [1.29, 1.82) is 5.26 Å². The van der Waals surface area contributed by atoms with E-state index in [1.807, 2.05) is 6.07 Å². The highest BCUT2D eigenvalue weighted by atomic mass is 35.5. The van der Waals surface area contributed by atoms with Gasteiger partial charge in [-0.3, -0.25) is 9.59 Å². The number of carbonyl (C=O) groups is 2. The lowest BCUT2D eigenvalue weighted by Gasteiger charge is -2.09. The molecule has 0 fully saturated rings. The molecule has 104 valence electrons. The van der Waals surface area contributed by atoms with Crippen LogP contribution >= 0.6 is 11.6 Å². The molecule has 0 saturated carbocycles. The molecule has 0 spiro atoms. The summed E-state index contributed by atoms with van der Waals surface area (Å²) in [6.45, 7) is 1.40. The van der Waals surface area contributed by atoms with Crippen LogP contribution in [-0.4, -0.2) is 11.7 Å². The van der Waals surface area contributed by atoms with Gasteiger partial charge < -0.3 is 5.32 Å². The van der Waals surface area contributed by atoms with Crippen LogP contribution in [0.2, 0.25) is 5.02 Å². The number of Topliss-reactive ketones (excluding diaryl/α,β-unsaturated/α-hetero) is 1. The highest BCUT2D eigenvalue weighted by Gasteiger charge is 2.15. The summed E-state index contributed by atoms with van der Waals surface area (Å²) in [5.41, 5.74) is 1.22. The van der Waals surface area contributed by atoms with Crippen molar-refractivity contribution < 1.29 is 9.59 Å². The number of rotatable bonds is 3. The molecule has 4 nitrogen and oxygen atoms in total. The maximum absolute atomic E-state index is 12.3. The van der Waals surface area contributed by atoms with E-state index in [1.165, 1.54) is 13.0 Å². The quantitative estimate of drug-likeness (QED) is 0.879. The second-order valence-corrected chi connectivity index (χ2v) is 4.79. The van der Waals surface area contributed by atoms with Crippen LogP contribution < -0.4 is 5.32 Å². The molecule has 0 atom stereocenters. The highest BCUT2D eigenvalue weighted by Crippen LogP contribution is 2.21. The first-order chi connectivity index (χ1) is 10.0. The van der Waals surface area contributed by atoms with Crippen molar-refractivity contribution in [2.24, 2.45) is 0 Å². The molecule has 1 amide bonds. The average molecular weight is 299 g/mol. The fraction of sp³-hybridized carbons (Fsp3) is 0.0625. The summed E-state index contributed by atoms with van der Waals surface area (Å²) in [6, 6.07) is 13.1. The van der Waals surface area contributed by atoms with E-state index < -0.39 is 5.91 Å². The lowest BCUT2D eigenvalue weighted by molar-refractivity contribution is 0.0985. The van der Waals surface area contributed by atoms with Gasteiger partial charge in [0.15, 0.2) is 5.78 Å². The normalized spacial score (nSPS) is 9.76. The van der Waals surface area contributed by atoms with Gasteiger partial charge in [-0.05, 0) is 31.2 Å². The average Bonchev–Trinajstić information content (AvgIpc) is 2.48. The second kappa shape index (κ2) is 6.21. The summed E-state index contributed by atoms with van der Waals surface area (Å²) >= 11 is 5.81. The molecule has 2 aromatic carbocycles. The van der Waals surface area contributed by atoms with Gasteiger partial charge in [0.1, 0.15) is 6.07 Å². The number of benzene rings is 2. The number of hydrogen-bond donors (Lipinski definition) is 1. The molecular formula is C16H11ClN2O2. The van der Waals surface area contributed by atoms with E-state index in [9.17, 15) is 9.59 Å². The van der Waals surface area contributed by atoms with Crippen LogP contribution in [-0.2, 0) is 0 Å². The molecule has 2 aromatic rings. The molecule has 0 saturated heterocycles. The molecule has 5 heteroatoms. The minimum Gasteiger partial charge on any atom is -0.321 e. The largest absolute Gasteiger partial charge is 0.321 e. The molecule has 21 heavy (non-hydrogen) atoms. The number of amides is 1. The van der Waals surface area contributed by atoms with E-state index in [0.717, 1.165) is 0 Å². The number of nitriles is 1. The van der Waals surface area contributed by atoms with E-state index in [0.29, 0.717) is 16.3 Å². The molecule has 0 unspecified atom stereocenters. The third-order valence-electron chi connectivity index (χ3n) is 2.90. The Morgan fingerprint density at radius 3 is 2.43 bits per heavy atom. The van der Waals surface area contributed by atoms with Gasteiger partial charge >= 0.3 is 0 Å². The van der Waals surface area contributed by atoms with Crippen molar-refractivity contribution in [3.8, 4) is 6.07 Å². The van der Waals surface area contributed by atoms with Crippen LogP contribution in [0, 0.1) is 11.3 Å². The maximum Gasteiger partial charge on any atom is 0.256 e. The summed E-state index contributed by atoms with van der Waals surface area (Å²) in [5, 5.41) is 12.1. The zero-order valence-corrected chi connectivity index (χ0v) is 11.9. The van der Waals surface area contributed by atoms with Gasteiger partial charge in [-0.15, -0.1) is 0 Å². The zero-order chi connectivity index (χ0) is 15.4. The van der Waals surface area contributed by atoms with Crippen molar-refractivity contribution in [3.63, 3.8) is 0 Å². The van der Waals surface area contributed by atoms with E-state index in [1.54, 1.807) is 36.4 Å². The molecule has 1 N–H and O–H groups in total. The van der Waals surface area contributed by atoms with Gasteiger partial charge in [0.05, 0.1) is 16.8 Å². The topological polar surface area (TPSA) is 70.0 Å². The lowest BCUT2D eigenvalue weighted by Crippen LogP contribution is -2.16. The number of ketones is 1. The van der Waals surface area contributed by atoms with Crippen LogP contribution in [0.25, 0.3) is 0 Å². The van der Waals surface area contributed by atoms with Gasteiger partial charge in [0.25, 0.3) is 5.91 Å². The monoisotopic (exact) mass is 298 g/mol. The first-order valence-corrected chi connectivity index (χ1v) is 6.51. The number of anilines is 1. The number of nitrogens with one attached hydrogen (secondary N) is 1. The fourth-order valence-electron chi connectivity index (χ4n) is 1.90.